The van der Waals surface area contributed by atoms with Gasteiger partial charge in [0, 0.05) is 37.4 Å². The highest BCUT2D eigenvalue weighted by Crippen LogP contribution is 2.39. The topological polar surface area (TPSA) is 81.8 Å². The third-order valence-corrected chi connectivity index (χ3v) is 7.28. The molecule has 0 radical (unpaired) electrons. The number of fused-ring (bicyclic) bond motifs is 1. The fraction of sp³-hybridized carbons (Fsp3) is 0.577. The van der Waals surface area contributed by atoms with E-state index in [4.69, 9.17) is 4.74 Å². The van der Waals surface area contributed by atoms with Crippen LogP contribution in [0.5, 0.6) is 0 Å². The highest BCUT2D eigenvalue weighted by Gasteiger charge is 2.31. The van der Waals surface area contributed by atoms with Crippen LogP contribution in [-0.2, 0) is 22.4 Å². The van der Waals surface area contributed by atoms with E-state index in [-0.39, 0.29) is 17.9 Å². The number of rotatable bonds is 6. The maximum absolute atomic E-state index is 13.4. The summed E-state index contributed by atoms with van der Waals surface area (Å²) in [5, 5.41) is 0. The number of carbonyl (C=O) groups excluding carboxylic acids is 1. The van der Waals surface area contributed by atoms with Crippen LogP contribution in [0.3, 0.4) is 0 Å². The van der Waals surface area contributed by atoms with Crippen molar-refractivity contribution in [2.24, 2.45) is 0 Å². The van der Waals surface area contributed by atoms with E-state index in [0.717, 1.165) is 31.6 Å². The molecule has 1 atom stereocenters. The molecule has 1 unspecified atom stereocenters. The molecule has 1 amide bonds. The fourth-order valence-corrected chi connectivity index (χ4v) is 5.70. The first-order chi connectivity index (χ1) is 16.6. The van der Waals surface area contributed by atoms with Gasteiger partial charge in [0.15, 0.2) is 0 Å². The number of morpholine rings is 1. The lowest BCUT2D eigenvalue weighted by Gasteiger charge is -2.37. The van der Waals surface area contributed by atoms with Gasteiger partial charge in [-0.25, -0.2) is 4.98 Å². The molecule has 8 nitrogen and oxygen atoms in total. The third-order valence-electron chi connectivity index (χ3n) is 7.28. The number of piperidine rings is 1. The van der Waals surface area contributed by atoms with E-state index in [2.05, 4.69) is 40.0 Å². The van der Waals surface area contributed by atoms with Crippen molar-refractivity contribution in [3.63, 3.8) is 0 Å². The Morgan fingerprint density at radius 2 is 2.03 bits per heavy atom. The van der Waals surface area contributed by atoms with Crippen molar-refractivity contribution in [2.45, 2.75) is 51.5 Å². The number of benzene rings is 1. The highest BCUT2D eigenvalue weighted by atomic mass is 16.5. The van der Waals surface area contributed by atoms with Crippen LogP contribution in [-0.4, -0.2) is 66.7 Å². The van der Waals surface area contributed by atoms with Gasteiger partial charge in [0.25, 0.3) is 5.56 Å². The van der Waals surface area contributed by atoms with Crippen molar-refractivity contribution >= 4 is 17.4 Å². The first kappa shape index (κ1) is 23.1. The minimum absolute atomic E-state index is 0.0211. The number of amides is 1. The molecule has 5 rings (SSSR count). The molecule has 2 fully saturated rings. The maximum Gasteiger partial charge on any atom is 0.252 e. The van der Waals surface area contributed by atoms with Crippen LogP contribution in [0.25, 0.3) is 0 Å². The molecule has 1 aromatic heterocycles. The lowest BCUT2D eigenvalue weighted by atomic mass is 9.90. The Kier molecular flexibility index (Phi) is 6.97. The van der Waals surface area contributed by atoms with Gasteiger partial charge in [-0.2, -0.15) is 0 Å². The number of nitrogens with one attached hydrogen (secondary N) is 1. The van der Waals surface area contributed by atoms with Crippen molar-refractivity contribution in [3.8, 4) is 0 Å². The minimum Gasteiger partial charge on any atom is -0.378 e. The summed E-state index contributed by atoms with van der Waals surface area (Å²) in [6.45, 7) is 7.83. The summed E-state index contributed by atoms with van der Waals surface area (Å²) < 4.78 is 5.40. The number of aromatic nitrogens is 2. The molecule has 0 bridgehead atoms. The molecule has 1 N–H and O–H groups in total. The van der Waals surface area contributed by atoms with Gasteiger partial charge in [0.2, 0.25) is 5.91 Å². The Morgan fingerprint density at radius 3 is 2.85 bits per heavy atom. The molecule has 2 saturated heterocycles. The zero-order valence-electron chi connectivity index (χ0n) is 20.1. The van der Waals surface area contributed by atoms with E-state index >= 15 is 0 Å². The van der Waals surface area contributed by atoms with Gasteiger partial charge < -0.3 is 19.5 Å². The van der Waals surface area contributed by atoms with E-state index in [1.165, 1.54) is 36.5 Å². The molecule has 4 heterocycles. The monoisotopic (exact) mass is 465 g/mol. The number of aromatic amines is 1. The average molecular weight is 466 g/mol. The van der Waals surface area contributed by atoms with Gasteiger partial charge >= 0.3 is 0 Å². The fourth-order valence-electron chi connectivity index (χ4n) is 5.70. The molecule has 3 aliphatic rings. The summed E-state index contributed by atoms with van der Waals surface area (Å²) in [6.07, 6.45) is 5.84. The molecule has 182 valence electrons. The van der Waals surface area contributed by atoms with Gasteiger partial charge in [-0.3, -0.25) is 14.5 Å². The molecule has 3 aliphatic heterocycles. The summed E-state index contributed by atoms with van der Waals surface area (Å²) in [6, 6.07) is 8.37. The van der Waals surface area contributed by atoms with Crippen LogP contribution in [0.4, 0.5) is 11.5 Å². The zero-order chi connectivity index (χ0) is 23.5. The highest BCUT2D eigenvalue weighted by molar-refractivity contribution is 5.96. The summed E-state index contributed by atoms with van der Waals surface area (Å²) in [4.78, 5) is 39.5. The van der Waals surface area contributed by atoms with E-state index in [1.54, 1.807) is 0 Å². The number of ether oxygens (including phenoxy) is 1. The quantitative estimate of drug-likeness (QED) is 0.707. The zero-order valence-corrected chi connectivity index (χ0v) is 20.1. The van der Waals surface area contributed by atoms with Crippen molar-refractivity contribution in [2.75, 3.05) is 55.7 Å². The largest absolute Gasteiger partial charge is 0.378 e. The average Bonchev–Trinajstić information content (AvgIpc) is 3.29. The number of nitrogens with zero attached hydrogens (tertiary/aromatic N) is 4. The van der Waals surface area contributed by atoms with Gasteiger partial charge in [-0.1, -0.05) is 25.5 Å². The minimum atomic E-state index is -0.225. The summed E-state index contributed by atoms with van der Waals surface area (Å²) in [5.41, 5.74) is 3.50. The predicted molar refractivity (Wildman–Crippen MR) is 133 cm³/mol. The molecule has 0 aliphatic carbocycles. The van der Waals surface area contributed by atoms with Crippen molar-refractivity contribution < 1.29 is 9.53 Å². The van der Waals surface area contributed by atoms with Gasteiger partial charge in [0.05, 0.1) is 19.6 Å². The number of hydrogen-bond acceptors (Lipinski definition) is 6. The van der Waals surface area contributed by atoms with Crippen LogP contribution in [0.2, 0.25) is 0 Å². The lowest BCUT2D eigenvalue weighted by molar-refractivity contribution is -0.118. The van der Waals surface area contributed by atoms with Crippen LogP contribution in [0.1, 0.15) is 55.6 Å². The smallest absolute Gasteiger partial charge is 0.252 e. The van der Waals surface area contributed by atoms with Gasteiger partial charge in [-0.05, 0) is 56.0 Å². The summed E-state index contributed by atoms with van der Waals surface area (Å²) >= 11 is 0. The first-order valence-electron chi connectivity index (χ1n) is 12.7. The van der Waals surface area contributed by atoms with Crippen LogP contribution >= 0.6 is 0 Å². The normalized spacial score (nSPS) is 21.0. The molecular formula is C26H35N5O3. The number of hydrogen-bond donors (Lipinski definition) is 1. The Labute approximate surface area is 200 Å². The van der Waals surface area contributed by atoms with E-state index < -0.39 is 0 Å². The van der Waals surface area contributed by atoms with Crippen molar-refractivity contribution in [1.82, 2.24) is 14.9 Å². The van der Waals surface area contributed by atoms with Crippen LogP contribution < -0.4 is 15.4 Å². The molecule has 0 spiro atoms. The van der Waals surface area contributed by atoms with E-state index in [0.29, 0.717) is 50.5 Å². The number of anilines is 2. The standard InChI is InChI=1S/C26H35N5O3/c1-2-10-29-11-4-3-7-21(29)19-6-5-8-22-20(19)9-12-31(22)26(33)17-23-27-24(18-25(32)28-23)30-13-15-34-16-14-30/h5-6,8,18,21H,2-4,7,9-17H2,1H3,(H,27,28,32). The third kappa shape index (κ3) is 4.74. The Morgan fingerprint density at radius 1 is 1.18 bits per heavy atom. The van der Waals surface area contributed by atoms with Crippen molar-refractivity contribution in [3.05, 3.63) is 51.6 Å². The molecular weight excluding hydrogens is 430 g/mol. The predicted octanol–water partition coefficient (Wildman–Crippen LogP) is 2.68. The lowest BCUT2D eigenvalue weighted by Crippen LogP contribution is -2.38. The Bertz CT molecular complexity index is 1080. The van der Waals surface area contributed by atoms with Crippen LogP contribution in [0, 0.1) is 0 Å². The number of carbonyl (C=O) groups is 1. The SMILES string of the molecule is CCCN1CCCCC1c1cccc2c1CCN2C(=O)Cc1nc(N2CCOCC2)cc(=O)[nH]1. The second-order valence-corrected chi connectivity index (χ2v) is 9.51. The van der Waals surface area contributed by atoms with Crippen molar-refractivity contribution in [1.29, 1.82) is 0 Å². The van der Waals surface area contributed by atoms with Crippen LogP contribution in [0.15, 0.2) is 29.1 Å². The molecule has 1 aromatic carbocycles. The van der Waals surface area contributed by atoms with E-state index in [1.807, 2.05) is 9.80 Å². The second-order valence-electron chi connectivity index (χ2n) is 9.51. The molecule has 0 saturated carbocycles. The Balaban J connectivity index is 1.35. The molecule has 2 aromatic rings. The van der Waals surface area contributed by atoms with Gasteiger partial charge in [0.1, 0.15) is 11.6 Å². The summed E-state index contributed by atoms with van der Waals surface area (Å²) in [7, 11) is 0. The molecule has 8 heteroatoms. The Hall–Kier alpha value is -2.71. The second kappa shape index (κ2) is 10.3. The first-order valence-corrected chi connectivity index (χ1v) is 12.7. The molecule has 34 heavy (non-hydrogen) atoms. The number of likely N-dealkylation sites (tertiary alicyclic amines) is 1. The summed E-state index contributed by atoms with van der Waals surface area (Å²) in [5.74, 6) is 1.02. The number of H-pyrrole nitrogens is 1. The van der Waals surface area contributed by atoms with E-state index in [9.17, 15) is 9.59 Å². The van der Waals surface area contributed by atoms with Gasteiger partial charge in [-0.15, -0.1) is 0 Å². The maximum atomic E-state index is 13.4.